The summed E-state index contributed by atoms with van der Waals surface area (Å²) in [6.45, 7) is 0. The molecule has 1 aromatic rings. The Kier molecular flexibility index (Phi) is 2.34. The molecule has 1 fully saturated rings. The van der Waals surface area contributed by atoms with Gasteiger partial charge in [-0.05, 0) is 12.2 Å². The second kappa shape index (κ2) is 3.32. The van der Waals surface area contributed by atoms with Gasteiger partial charge in [-0.25, -0.2) is 0 Å². The van der Waals surface area contributed by atoms with Crippen LogP contribution in [0.1, 0.15) is 12.1 Å². The van der Waals surface area contributed by atoms with Crippen LogP contribution in [-0.4, -0.2) is 31.0 Å². The maximum Gasteiger partial charge on any atom is 0.0801 e. The summed E-state index contributed by atoms with van der Waals surface area (Å²) in [5, 5.41) is 9.98. The molecule has 3 nitrogen and oxygen atoms in total. The third-order valence-corrected chi connectivity index (χ3v) is 3.75. The maximum atomic E-state index is 9.98. The lowest BCUT2D eigenvalue weighted by Gasteiger charge is -2.18. The Balaban J connectivity index is 2.02. The summed E-state index contributed by atoms with van der Waals surface area (Å²) in [6.07, 6.45) is 3.29. The van der Waals surface area contributed by atoms with Gasteiger partial charge in [0.15, 0.2) is 0 Å². The van der Waals surface area contributed by atoms with Crippen molar-refractivity contribution in [3.8, 4) is 0 Å². The Morgan fingerprint density at radius 1 is 1.67 bits per heavy atom. The van der Waals surface area contributed by atoms with Crippen molar-refractivity contribution in [3.63, 3.8) is 0 Å². The molecule has 0 amide bonds. The fourth-order valence-electron chi connectivity index (χ4n) is 1.33. The van der Waals surface area contributed by atoms with Crippen molar-refractivity contribution in [3.05, 3.63) is 11.9 Å². The van der Waals surface area contributed by atoms with Crippen molar-refractivity contribution >= 4 is 23.5 Å². The molecule has 0 radical (unpaired) electrons. The first kappa shape index (κ1) is 8.47. The van der Waals surface area contributed by atoms with Crippen molar-refractivity contribution in [1.82, 2.24) is 8.75 Å². The highest BCUT2D eigenvalue weighted by Crippen LogP contribution is 2.30. The summed E-state index contributed by atoms with van der Waals surface area (Å²) in [4.78, 5) is 0. The molecular weight excluding hydrogens is 192 g/mol. The molecule has 66 valence electrons. The van der Waals surface area contributed by atoms with Crippen LogP contribution >= 0.6 is 23.5 Å². The number of rotatable bonds is 2. The number of thioether (sulfide) groups is 1. The van der Waals surface area contributed by atoms with Crippen LogP contribution in [0.5, 0.6) is 0 Å². The van der Waals surface area contributed by atoms with Crippen molar-refractivity contribution in [2.75, 3.05) is 11.5 Å². The summed E-state index contributed by atoms with van der Waals surface area (Å²) in [6, 6.07) is 0. The van der Waals surface area contributed by atoms with Crippen LogP contribution < -0.4 is 0 Å². The topological polar surface area (TPSA) is 46.0 Å². The Labute approximate surface area is 79.5 Å². The van der Waals surface area contributed by atoms with Crippen molar-refractivity contribution < 1.29 is 5.11 Å². The Morgan fingerprint density at radius 2 is 2.58 bits per heavy atom. The number of aromatic nitrogens is 2. The van der Waals surface area contributed by atoms with Crippen LogP contribution in [0, 0.1) is 0 Å². The van der Waals surface area contributed by atoms with Gasteiger partial charge in [0.1, 0.15) is 0 Å². The van der Waals surface area contributed by atoms with Gasteiger partial charge in [0.05, 0.1) is 29.2 Å². The van der Waals surface area contributed by atoms with Crippen LogP contribution in [0.3, 0.4) is 0 Å². The highest BCUT2D eigenvalue weighted by molar-refractivity contribution is 7.99. The van der Waals surface area contributed by atoms with Gasteiger partial charge < -0.3 is 5.11 Å². The van der Waals surface area contributed by atoms with Gasteiger partial charge in [0.2, 0.25) is 0 Å². The van der Waals surface area contributed by atoms with Gasteiger partial charge >= 0.3 is 0 Å². The fourth-order valence-corrected chi connectivity index (χ4v) is 3.06. The average Bonchev–Trinajstić information content (AvgIpc) is 2.62. The van der Waals surface area contributed by atoms with Crippen molar-refractivity contribution in [1.29, 1.82) is 0 Å². The van der Waals surface area contributed by atoms with Gasteiger partial charge in [0, 0.05) is 12.2 Å². The SMILES string of the molecule is OC1(Cc2cnsn2)CCSC1. The van der Waals surface area contributed by atoms with E-state index in [1.807, 2.05) is 11.8 Å². The molecule has 1 aliphatic rings. The molecule has 1 aliphatic heterocycles. The number of aliphatic hydroxyl groups is 1. The lowest BCUT2D eigenvalue weighted by Crippen LogP contribution is -2.30. The lowest BCUT2D eigenvalue weighted by atomic mass is 9.98. The minimum atomic E-state index is -0.513. The summed E-state index contributed by atoms with van der Waals surface area (Å²) >= 11 is 3.01. The van der Waals surface area contributed by atoms with E-state index in [2.05, 4.69) is 8.75 Å². The molecule has 5 heteroatoms. The molecular formula is C7H10N2OS2. The molecule has 1 unspecified atom stereocenters. The standard InChI is InChI=1S/C7H10N2OS2/c10-7(1-2-11-5-7)3-6-4-8-12-9-6/h4,10H,1-3,5H2. The quantitative estimate of drug-likeness (QED) is 0.775. The molecule has 1 atom stereocenters. The highest BCUT2D eigenvalue weighted by Gasteiger charge is 2.32. The largest absolute Gasteiger partial charge is 0.389 e. The van der Waals surface area contributed by atoms with Gasteiger partial charge in [-0.2, -0.15) is 20.5 Å². The molecule has 1 aromatic heterocycles. The van der Waals surface area contributed by atoms with Gasteiger partial charge in [-0.1, -0.05) is 0 Å². The van der Waals surface area contributed by atoms with Gasteiger partial charge in [-0.3, -0.25) is 0 Å². The molecule has 0 saturated carbocycles. The van der Waals surface area contributed by atoms with Crippen LogP contribution in [-0.2, 0) is 6.42 Å². The monoisotopic (exact) mass is 202 g/mol. The Bertz CT molecular complexity index is 244. The number of hydrogen-bond donors (Lipinski definition) is 1. The lowest BCUT2D eigenvalue weighted by molar-refractivity contribution is 0.0678. The van der Waals surface area contributed by atoms with Gasteiger partial charge in [0.25, 0.3) is 0 Å². The van der Waals surface area contributed by atoms with E-state index in [9.17, 15) is 5.11 Å². The summed E-state index contributed by atoms with van der Waals surface area (Å²) in [5.41, 5.74) is 0.408. The predicted molar refractivity (Wildman–Crippen MR) is 50.5 cm³/mol. The van der Waals surface area contributed by atoms with Crippen LogP contribution in [0.25, 0.3) is 0 Å². The number of nitrogens with zero attached hydrogens (tertiary/aromatic N) is 2. The molecule has 0 bridgehead atoms. The van der Waals surface area contributed by atoms with E-state index in [-0.39, 0.29) is 0 Å². The third-order valence-electron chi connectivity index (χ3n) is 2.00. The summed E-state index contributed by atoms with van der Waals surface area (Å²) < 4.78 is 7.99. The van der Waals surface area contributed by atoms with Crippen LogP contribution in [0.2, 0.25) is 0 Å². The zero-order chi connectivity index (χ0) is 8.44. The van der Waals surface area contributed by atoms with E-state index >= 15 is 0 Å². The highest BCUT2D eigenvalue weighted by atomic mass is 32.2. The second-order valence-electron chi connectivity index (χ2n) is 3.10. The van der Waals surface area contributed by atoms with Crippen molar-refractivity contribution in [2.24, 2.45) is 0 Å². The first-order valence-electron chi connectivity index (χ1n) is 3.85. The molecule has 0 aromatic carbocycles. The summed E-state index contributed by atoms with van der Waals surface area (Å²) in [5.74, 6) is 1.90. The molecule has 0 aliphatic carbocycles. The van der Waals surface area contributed by atoms with E-state index in [0.717, 1.165) is 23.6 Å². The van der Waals surface area contributed by atoms with E-state index < -0.39 is 5.60 Å². The van der Waals surface area contributed by atoms with E-state index in [1.165, 1.54) is 11.7 Å². The van der Waals surface area contributed by atoms with Gasteiger partial charge in [-0.15, -0.1) is 0 Å². The smallest absolute Gasteiger partial charge is 0.0801 e. The molecule has 1 N–H and O–H groups in total. The summed E-state index contributed by atoms with van der Waals surface area (Å²) in [7, 11) is 0. The first-order valence-corrected chi connectivity index (χ1v) is 5.74. The van der Waals surface area contributed by atoms with Crippen molar-refractivity contribution in [2.45, 2.75) is 18.4 Å². The normalized spacial score (nSPS) is 29.4. The van der Waals surface area contributed by atoms with E-state index in [1.54, 1.807) is 6.20 Å². The fraction of sp³-hybridized carbons (Fsp3) is 0.714. The Morgan fingerprint density at radius 3 is 3.17 bits per heavy atom. The molecule has 12 heavy (non-hydrogen) atoms. The Hall–Kier alpha value is -0.130. The van der Waals surface area contributed by atoms with E-state index in [4.69, 9.17) is 0 Å². The van der Waals surface area contributed by atoms with Crippen LogP contribution in [0.15, 0.2) is 6.20 Å². The second-order valence-corrected chi connectivity index (χ2v) is 4.76. The average molecular weight is 202 g/mol. The zero-order valence-corrected chi connectivity index (χ0v) is 8.20. The van der Waals surface area contributed by atoms with Crippen LogP contribution in [0.4, 0.5) is 0 Å². The maximum absolute atomic E-state index is 9.98. The minimum absolute atomic E-state index is 0.513. The predicted octanol–water partition coefficient (Wildman–Crippen LogP) is 0.949. The van der Waals surface area contributed by atoms with E-state index in [0.29, 0.717) is 6.42 Å². The minimum Gasteiger partial charge on any atom is -0.389 e. The molecule has 0 spiro atoms. The number of hydrogen-bond acceptors (Lipinski definition) is 5. The third kappa shape index (κ3) is 1.78. The molecule has 1 saturated heterocycles. The molecule has 2 rings (SSSR count). The molecule has 2 heterocycles. The zero-order valence-electron chi connectivity index (χ0n) is 6.56. The first-order chi connectivity index (χ1) is 5.79.